The summed E-state index contributed by atoms with van der Waals surface area (Å²) in [5.41, 5.74) is 0.957. The smallest absolute Gasteiger partial charge is 0.273 e. The first-order chi connectivity index (χ1) is 8.75. The van der Waals surface area contributed by atoms with E-state index >= 15 is 0 Å². The van der Waals surface area contributed by atoms with Crippen LogP contribution in [0.3, 0.4) is 0 Å². The van der Waals surface area contributed by atoms with Crippen molar-refractivity contribution >= 4 is 28.3 Å². The molecule has 18 heavy (non-hydrogen) atoms. The number of hydrogen-bond acceptors (Lipinski definition) is 5. The lowest BCUT2D eigenvalue weighted by Gasteiger charge is -2.28. The van der Waals surface area contributed by atoms with Crippen LogP contribution in [0.5, 0.6) is 0 Å². The maximum atomic E-state index is 12.0. The lowest BCUT2D eigenvalue weighted by molar-refractivity contribution is 0.588. The Labute approximate surface area is 108 Å². The molecule has 0 atom stereocenters. The normalized spacial score (nSPS) is 16.2. The summed E-state index contributed by atoms with van der Waals surface area (Å²) in [4.78, 5) is 24.7. The minimum atomic E-state index is -0.140. The number of aromatic amines is 1. The third-order valence-corrected chi connectivity index (χ3v) is 3.34. The van der Waals surface area contributed by atoms with Crippen LogP contribution in [0.15, 0.2) is 17.2 Å². The molecule has 94 valence electrons. The van der Waals surface area contributed by atoms with E-state index in [9.17, 15) is 4.79 Å². The van der Waals surface area contributed by atoms with Crippen LogP contribution >= 0.6 is 11.6 Å². The fourth-order valence-electron chi connectivity index (χ4n) is 2.12. The molecule has 3 rings (SSSR count). The minimum absolute atomic E-state index is 0.140. The minimum Gasteiger partial charge on any atom is -0.365 e. The van der Waals surface area contributed by atoms with Gasteiger partial charge in [-0.2, -0.15) is 0 Å². The van der Waals surface area contributed by atoms with Gasteiger partial charge in [-0.25, -0.2) is 9.97 Å². The maximum Gasteiger partial charge on any atom is 0.273 e. The summed E-state index contributed by atoms with van der Waals surface area (Å²) in [5.74, 6) is 0. The Morgan fingerprint density at radius 3 is 2.83 bits per heavy atom. The van der Waals surface area contributed by atoms with Crippen LogP contribution < -0.4 is 15.8 Å². The summed E-state index contributed by atoms with van der Waals surface area (Å²) in [6, 6.07) is 1.77. The molecule has 0 amide bonds. The zero-order valence-electron chi connectivity index (χ0n) is 9.61. The third-order valence-electron chi connectivity index (χ3n) is 3.04. The summed E-state index contributed by atoms with van der Waals surface area (Å²) in [6.45, 7) is 3.35. The molecule has 0 spiro atoms. The molecule has 7 heteroatoms. The highest BCUT2D eigenvalue weighted by molar-refractivity contribution is 6.33. The van der Waals surface area contributed by atoms with E-state index in [2.05, 4.69) is 20.3 Å². The van der Waals surface area contributed by atoms with Gasteiger partial charge >= 0.3 is 0 Å². The molecular formula is C11H12ClN5O. The topological polar surface area (TPSA) is 73.9 Å². The maximum absolute atomic E-state index is 12.0. The van der Waals surface area contributed by atoms with Crippen LogP contribution in [-0.2, 0) is 0 Å². The Morgan fingerprint density at radius 2 is 2.06 bits per heavy atom. The van der Waals surface area contributed by atoms with Crippen LogP contribution in [0.2, 0.25) is 5.15 Å². The van der Waals surface area contributed by atoms with Gasteiger partial charge in [0.05, 0.1) is 5.39 Å². The molecule has 1 aliphatic rings. The van der Waals surface area contributed by atoms with Crippen molar-refractivity contribution < 1.29 is 0 Å². The average molecular weight is 266 g/mol. The lowest BCUT2D eigenvalue weighted by Crippen LogP contribution is -2.45. The highest BCUT2D eigenvalue weighted by Crippen LogP contribution is 2.20. The van der Waals surface area contributed by atoms with Crippen molar-refractivity contribution in [3.05, 3.63) is 27.9 Å². The zero-order chi connectivity index (χ0) is 12.5. The van der Waals surface area contributed by atoms with Gasteiger partial charge in [-0.3, -0.25) is 4.79 Å². The molecule has 0 saturated carbocycles. The van der Waals surface area contributed by atoms with Gasteiger partial charge < -0.3 is 15.2 Å². The number of anilines is 1. The number of hydrogen-bond donors (Lipinski definition) is 2. The molecule has 6 nitrogen and oxygen atoms in total. The molecule has 0 unspecified atom stereocenters. The van der Waals surface area contributed by atoms with E-state index in [4.69, 9.17) is 11.6 Å². The molecule has 2 aromatic rings. The number of halogens is 1. The summed E-state index contributed by atoms with van der Waals surface area (Å²) >= 11 is 6.02. The lowest BCUT2D eigenvalue weighted by atomic mass is 10.2. The SMILES string of the molecule is O=c1[nH]c2ncnc(Cl)c2cc1N1CCNCC1. The van der Waals surface area contributed by atoms with Crippen molar-refractivity contribution in [2.45, 2.75) is 0 Å². The predicted molar refractivity (Wildman–Crippen MR) is 70.3 cm³/mol. The molecule has 2 aromatic heterocycles. The second-order valence-corrected chi connectivity index (χ2v) is 4.51. The van der Waals surface area contributed by atoms with Crippen LogP contribution in [-0.4, -0.2) is 41.1 Å². The Kier molecular flexibility index (Phi) is 2.89. The number of H-pyrrole nitrogens is 1. The first-order valence-corrected chi connectivity index (χ1v) is 6.13. The first kappa shape index (κ1) is 11.4. The number of aromatic nitrogens is 3. The van der Waals surface area contributed by atoms with E-state index in [-0.39, 0.29) is 5.56 Å². The molecule has 0 radical (unpaired) electrons. The van der Waals surface area contributed by atoms with Gasteiger partial charge in [0.1, 0.15) is 22.8 Å². The van der Waals surface area contributed by atoms with Gasteiger partial charge in [-0.15, -0.1) is 0 Å². The van der Waals surface area contributed by atoms with Gasteiger partial charge in [-0.05, 0) is 6.07 Å². The van der Waals surface area contributed by atoms with E-state index in [1.807, 2.05) is 4.90 Å². The van der Waals surface area contributed by atoms with Crippen molar-refractivity contribution in [1.29, 1.82) is 0 Å². The molecule has 0 bridgehead atoms. The quantitative estimate of drug-likeness (QED) is 0.730. The Morgan fingerprint density at radius 1 is 1.28 bits per heavy atom. The summed E-state index contributed by atoms with van der Waals surface area (Å²) in [7, 11) is 0. The molecular weight excluding hydrogens is 254 g/mol. The summed E-state index contributed by atoms with van der Waals surface area (Å²) < 4.78 is 0. The zero-order valence-corrected chi connectivity index (χ0v) is 10.4. The highest BCUT2D eigenvalue weighted by atomic mass is 35.5. The van der Waals surface area contributed by atoms with Gasteiger partial charge in [0.15, 0.2) is 0 Å². The van der Waals surface area contributed by atoms with Crippen molar-refractivity contribution in [3.8, 4) is 0 Å². The molecule has 1 saturated heterocycles. The largest absolute Gasteiger partial charge is 0.365 e. The number of fused-ring (bicyclic) bond motifs is 1. The van der Waals surface area contributed by atoms with Crippen LogP contribution in [0.4, 0.5) is 5.69 Å². The Bertz CT molecular complexity index is 635. The second-order valence-electron chi connectivity index (χ2n) is 4.15. The number of nitrogens with one attached hydrogen (secondary N) is 2. The van der Waals surface area contributed by atoms with Gasteiger partial charge in [0, 0.05) is 26.2 Å². The second kappa shape index (κ2) is 4.55. The van der Waals surface area contributed by atoms with E-state index in [1.54, 1.807) is 6.07 Å². The molecule has 1 aliphatic heterocycles. The van der Waals surface area contributed by atoms with Crippen molar-refractivity contribution in [3.63, 3.8) is 0 Å². The number of piperazine rings is 1. The standard InChI is InChI=1S/C11H12ClN5O/c12-9-7-5-8(17-3-1-13-2-4-17)11(18)16-10(7)15-6-14-9/h5-6,13H,1-4H2,(H,14,15,16,18). The molecule has 0 aromatic carbocycles. The van der Waals surface area contributed by atoms with Crippen molar-refractivity contribution in [1.82, 2.24) is 20.3 Å². The molecule has 1 fully saturated rings. The number of nitrogens with zero attached hydrogens (tertiary/aromatic N) is 3. The van der Waals surface area contributed by atoms with Crippen molar-refractivity contribution in [2.24, 2.45) is 0 Å². The van der Waals surface area contributed by atoms with E-state index in [0.29, 0.717) is 21.9 Å². The van der Waals surface area contributed by atoms with Gasteiger partial charge in [0.2, 0.25) is 0 Å². The molecule has 3 heterocycles. The summed E-state index contributed by atoms with van der Waals surface area (Å²) in [6.07, 6.45) is 1.34. The Balaban J connectivity index is 2.14. The van der Waals surface area contributed by atoms with Gasteiger partial charge in [0.25, 0.3) is 5.56 Å². The number of rotatable bonds is 1. The first-order valence-electron chi connectivity index (χ1n) is 5.75. The average Bonchev–Trinajstić information content (AvgIpc) is 2.39. The number of pyridine rings is 1. The van der Waals surface area contributed by atoms with Crippen LogP contribution in [0.1, 0.15) is 0 Å². The monoisotopic (exact) mass is 265 g/mol. The fraction of sp³-hybridized carbons (Fsp3) is 0.364. The van der Waals surface area contributed by atoms with Crippen LogP contribution in [0.25, 0.3) is 11.0 Å². The van der Waals surface area contributed by atoms with E-state index in [0.717, 1.165) is 26.2 Å². The van der Waals surface area contributed by atoms with E-state index < -0.39 is 0 Å². The highest BCUT2D eigenvalue weighted by Gasteiger charge is 2.15. The molecule has 2 N–H and O–H groups in total. The van der Waals surface area contributed by atoms with Crippen molar-refractivity contribution in [2.75, 3.05) is 31.1 Å². The summed E-state index contributed by atoms with van der Waals surface area (Å²) in [5, 5.41) is 4.28. The van der Waals surface area contributed by atoms with Gasteiger partial charge in [-0.1, -0.05) is 11.6 Å². The van der Waals surface area contributed by atoms with Crippen LogP contribution in [0, 0.1) is 0 Å². The van der Waals surface area contributed by atoms with E-state index in [1.165, 1.54) is 6.33 Å². The predicted octanol–water partition coefficient (Wildman–Crippen LogP) is 0.381. The third kappa shape index (κ3) is 1.93. The Hall–Kier alpha value is -1.66. The fourth-order valence-corrected chi connectivity index (χ4v) is 2.30. The molecule has 0 aliphatic carbocycles.